The summed E-state index contributed by atoms with van der Waals surface area (Å²) >= 11 is 1.53. The number of nitrogens with one attached hydrogen (secondary N) is 1. The Balaban J connectivity index is 1.91. The summed E-state index contributed by atoms with van der Waals surface area (Å²) in [6.45, 7) is 6.12. The summed E-state index contributed by atoms with van der Waals surface area (Å²) < 4.78 is 4.94. The van der Waals surface area contributed by atoms with Crippen LogP contribution < -0.4 is 5.32 Å². The molecule has 1 aliphatic carbocycles. The minimum Gasteiger partial charge on any atom is -0.465 e. The molecular formula is C16H22N2O3S. The van der Waals surface area contributed by atoms with Crippen LogP contribution in [-0.2, 0) is 22.5 Å². The highest BCUT2D eigenvalue weighted by Gasteiger charge is 2.33. The molecule has 1 N–H and O–H groups in total. The number of methoxy groups -OCH3 is 1. The number of fused-ring (bicyclic) bond motifs is 1. The van der Waals surface area contributed by atoms with Crippen molar-refractivity contribution in [2.24, 2.45) is 5.92 Å². The van der Waals surface area contributed by atoms with Gasteiger partial charge >= 0.3 is 5.97 Å². The molecule has 2 heterocycles. The first kappa shape index (κ1) is 15.5. The molecule has 3 rings (SSSR count). The van der Waals surface area contributed by atoms with E-state index < -0.39 is 0 Å². The molecule has 0 spiro atoms. The number of carbonyl (C=O) groups is 2. The molecule has 120 valence electrons. The fourth-order valence-corrected chi connectivity index (χ4v) is 4.09. The van der Waals surface area contributed by atoms with Gasteiger partial charge in [-0.25, -0.2) is 4.79 Å². The zero-order valence-corrected chi connectivity index (χ0v) is 14.1. The summed E-state index contributed by atoms with van der Waals surface area (Å²) in [4.78, 5) is 27.8. The van der Waals surface area contributed by atoms with Crippen LogP contribution in [0.15, 0.2) is 0 Å². The summed E-state index contributed by atoms with van der Waals surface area (Å²) in [7, 11) is 1.39. The maximum absolute atomic E-state index is 12.2. The second-order valence-electron chi connectivity index (χ2n) is 6.28. The molecule has 0 saturated heterocycles. The van der Waals surface area contributed by atoms with E-state index in [2.05, 4.69) is 24.1 Å². The molecule has 1 amide bonds. The van der Waals surface area contributed by atoms with E-state index in [-0.39, 0.29) is 17.8 Å². The first-order valence-corrected chi connectivity index (χ1v) is 8.60. The Morgan fingerprint density at radius 3 is 2.68 bits per heavy atom. The lowest BCUT2D eigenvalue weighted by atomic mass is 10.0. The molecule has 1 aromatic rings. The van der Waals surface area contributed by atoms with Crippen LogP contribution in [0.1, 0.15) is 47.5 Å². The van der Waals surface area contributed by atoms with Gasteiger partial charge < -0.3 is 10.1 Å². The number of hydrogen-bond donors (Lipinski definition) is 1. The number of anilines is 1. The monoisotopic (exact) mass is 322 g/mol. The average Bonchev–Trinajstić information content (AvgIpc) is 3.28. The second-order valence-corrected chi connectivity index (χ2v) is 7.38. The molecule has 0 unspecified atom stereocenters. The molecule has 1 aromatic heterocycles. The van der Waals surface area contributed by atoms with Crippen molar-refractivity contribution in [2.75, 3.05) is 19.0 Å². The molecular weight excluding hydrogens is 300 g/mol. The molecule has 0 atom stereocenters. The number of nitrogens with zero attached hydrogens (tertiary/aromatic N) is 1. The van der Waals surface area contributed by atoms with Gasteiger partial charge in [0.15, 0.2) is 0 Å². The Kier molecular flexibility index (Phi) is 4.23. The van der Waals surface area contributed by atoms with Crippen LogP contribution in [0.25, 0.3) is 0 Å². The highest BCUT2D eigenvalue weighted by molar-refractivity contribution is 7.17. The zero-order valence-electron chi connectivity index (χ0n) is 13.3. The summed E-state index contributed by atoms with van der Waals surface area (Å²) in [6.07, 6.45) is 2.73. The Bertz CT molecular complexity index is 605. The van der Waals surface area contributed by atoms with E-state index >= 15 is 0 Å². The van der Waals surface area contributed by atoms with Gasteiger partial charge in [0.05, 0.1) is 12.7 Å². The molecule has 0 bridgehead atoms. The van der Waals surface area contributed by atoms with Crippen molar-refractivity contribution in [2.45, 2.75) is 45.7 Å². The predicted octanol–water partition coefficient (Wildman–Crippen LogP) is 2.65. The molecule has 1 saturated carbocycles. The van der Waals surface area contributed by atoms with Gasteiger partial charge in [0.1, 0.15) is 5.00 Å². The number of carbonyl (C=O) groups excluding carboxylic acids is 2. The Morgan fingerprint density at radius 1 is 1.36 bits per heavy atom. The van der Waals surface area contributed by atoms with E-state index in [1.54, 1.807) is 0 Å². The molecule has 0 aromatic carbocycles. The number of ether oxygens (including phenoxy) is 1. The van der Waals surface area contributed by atoms with Gasteiger partial charge in [-0.2, -0.15) is 0 Å². The van der Waals surface area contributed by atoms with Crippen molar-refractivity contribution in [1.82, 2.24) is 4.90 Å². The predicted molar refractivity (Wildman–Crippen MR) is 86.3 cm³/mol. The van der Waals surface area contributed by atoms with Crippen LogP contribution in [-0.4, -0.2) is 36.5 Å². The molecule has 1 aliphatic heterocycles. The van der Waals surface area contributed by atoms with E-state index in [9.17, 15) is 9.59 Å². The van der Waals surface area contributed by atoms with Crippen molar-refractivity contribution in [3.63, 3.8) is 0 Å². The largest absolute Gasteiger partial charge is 0.465 e. The number of thiophene rings is 1. The van der Waals surface area contributed by atoms with Crippen LogP contribution in [0.3, 0.4) is 0 Å². The lowest BCUT2D eigenvalue weighted by Crippen LogP contribution is -2.35. The average molecular weight is 322 g/mol. The quantitative estimate of drug-likeness (QED) is 0.866. The first-order valence-electron chi connectivity index (χ1n) is 7.79. The number of amides is 1. The first-order chi connectivity index (χ1) is 10.5. The minimum absolute atomic E-state index is 0.0319. The normalized spacial score (nSPS) is 18.2. The van der Waals surface area contributed by atoms with Gasteiger partial charge in [-0.15, -0.1) is 11.3 Å². The lowest BCUT2D eigenvalue weighted by Gasteiger charge is -2.30. The van der Waals surface area contributed by atoms with Gasteiger partial charge in [0.25, 0.3) is 0 Å². The molecule has 22 heavy (non-hydrogen) atoms. The van der Waals surface area contributed by atoms with Gasteiger partial charge in [-0.05, 0) is 38.7 Å². The number of hydrogen-bond acceptors (Lipinski definition) is 5. The van der Waals surface area contributed by atoms with E-state index in [0.29, 0.717) is 16.6 Å². The van der Waals surface area contributed by atoms with E-state index in [4.69, 9.17) is 4.74 Å². The van der Waals surface area contributed by atoms with Crippen LogP contribution in [0.4, 0.5) is 5.00 Å². The van der Waals surface area contributed by atoms with Gasteiger partial charge in [-0.1, -0.05) is 0 Å². The van der Waals surface area contributed by atoms with Crippen LogP contribution in [0.5, 0.6) is 0 Å². The topological polar surface area (TPSA) is 58.6 Å². The highest BCUT2D eigenvalue weighted by atomic mass is 32.1. The summed E-state index contributed by atoms with van der Waals surface area (Å²) in [5.74, 6) is -0.192. The summed E-state index contributed by atoms with van der Waals surface area (Å²) in [5, 5.41) is 3.62. The molecule has 1 fully saturated rings. The van der Waals surface area contributed by atoms with Crippen molar-refractivity contribution in [3.05, 3.63) is 16.0 Å². The maximum atomic E-state index is 12.2. The van der Waals surface area contributed by atoms with Crippen LogP contribution in [0, 0.1) is 5.92 Å². The van der Waals surface area contributed by atoms with Crippen molar-refractivity contribution in [3.8, 4) is 0 Å². The third-order valence-electron chi connectivity index (χ3n) is 4.39. The lowest BCUT2D eigenvalue weighted by molar-refractivity contribution is -0.117. The van der Waals surface area contributed by atoms with Crippen molar-refractivity contribution < 1.29 is 14.3 Å². The second kappa shape index (κ2) is 6.01. The van der Waals surface area contributed by atoms with Gasteiger partial charge in [0.2, 0.25) is 5.91 Å². The van der Waals surface area contributed by atoms with Gasteiger partial charge in [0, 0.05) is 29.9 Å². The van der Waals surface area contributed by atoms with E-state index in [1.807, 2.05) is 0 Å². The Hall–Kier alpha value is -1.40. The smallest absolute Gasteiger partial charge is 0.341 e. The fraction of sp³-hybridized carbons (Fsp3) is 0.625. The minimum atomic E-state index is -0.346. The molecule has 2 aliphatic rings. The molecule has 0 radical (unpaired) electrons. The van der Waals surface area contributed by atoms with Crippen LogP contribution in [0.2, 0.25) is 0 Å². The number of esters is 1. The highest BCUT2D eigenvalue weighted by Crippen LogP contribution is 2.39. The molecule has 6 heteroatoms. The summed E-state index contributed by atoms with van der Waals surface area (Å²) in [6, 6.07) is 0.473. The Morgan fingerprint density at radius 2 is 2.09 bits per heavy atom. The third-order valence-corrected chi connectivity index (χ3v) is 5.52. The number of rotatable bonds is 4. The SMILES string of the molecule is COC(=O)c1c(NC(=O)C2CC2)sc2c1CCN(C(C)C)C2. The standard InChI is InChI=1S/C16H22N2O3S/c1-9(2)18-7-6-11-12(8-18)22-15(13(11)16(20)21-3)17-14(19)10-4-5-10/h9-10H,4-8H2,1-3H3,(H,17,19). The van der Waals surface area contributed by atoms with E-state index in [1.165, 1.54) is 23.3 Å². The molecule has 5 nitrogen and oxygen atoms in total. The maximum Gasteiger partial charge on any atom is 0.341 e. The van der Waals surface area contributed by atoms with Gasteiger partial charge in [-0.3, -0.25) is 9.69 Å². The Labute approximate surface area is 134 Å². The fourth-order valence-electron chi connectivity index (χ4n) is 2.83. The van der Waals surface area contributed by atoms with E-state index in [0.717, 1.165) is 37.9 Å². The summed E-state index contributed by atoms with van der Waals surface area (Å²) in [5.41, 5.74) is 1.62. The zero-order chi connectivity index (χ0) is 15.9. The van der Waals surface area contributed by atoms with Crippen molar-refractivity contribution in [1.29, 1.82) is 0 Å². The van der Waals surface area contributed by atoms with Crippen LogP contribution >= 0.6 is 11.3 Å². The third kappa shape index (κ3) is 2.90. The van der Waals surface area contributed by atoms with Crippen molar-refractivity contribution >= 4 is 28.2 Å².